The van der Waals surface area contributed by atoms with Crippen molar-refractivity contribution in [3.05, 3.63) is 63.6 Å². The summed E-state index contributed by atoms with van der Waals surface area (Å²) in [6.07, 6.45) is 18.6. The van der Waals surface area contributed by atoms with Crippen LogP contribution in [0.5, 0.6) is 5.75 Å². The molecule has 2 aromatic rings. The molecule has 0 unspecified atom stereocenters. The third kappa shape index (κ3) is 13.1. The zero-order valence-corrected chi connectivity index (χ0v) is 24.2. The van der Waals surface area contributed by atoms with Crippen molar-refractivity contribution in [2.24, 2.45) is 5.10 Å². The molecule has 1 amide bonds. The van der Waals surface area contributed by atoms with Crippen LogP contribution in [-0.2, 0) is 4.79 Å². The number of aryl methyl sites for hydroxylation is 1. The molecule has 0 radical (unpaired) electrons. The normalized spacial score (nSPS) is 11.1. The Hall–Kier alpha value is -2.47. The van der Waals surface area contributed by atoms with E-state index in [0.717, 1.165) is 22.9 Å². The van der Waals surface area contributed by atoms with Crippen molar-refractivity contribution in [2.45, 2.75) is 104 Å². The van der Waals surface area contributed by atoms with Crippen molar-refractivity contribution < 1.29 is 14.3 Å². The van der Waals surface area contributed by atoms with E-state index in [-0.39, 0.29) is 5.91 Å². The van der Waals surface area contributed by atoms with Gasteiger partial charge in [-0.15, -0.1) is 0 Å². The summed E-state index contributed by atoms with van der Waals surface area (Å²) in [5, 5.41) is 4.08. The Labute approximate surface area is 231 Å². The molecule has 2 aromatic carbocycles. The maximum atomic E-state index is 12.6. The fourth-order valence-corrected chi connectivity index (χ4v) is 4.58. The number of unbranched alkanes of at least 4 members (excludes halogenated alkanes) is 12. The summed E-state index contributed by atoms with van der Waals surface area (Å²) in [6.45, 7) is 4.13. The van der Waals surface area contributed by atoms with Crippen LogP contribution in [0.1, 0.15) is 118 Å². The van der Waals surface area contributed by atoms with E-state index in [2.05, 4.69) is 33.4 Å². The highest BCUT2D eigenvalue weighted by molar-refractivity contribution is 9.10. The largest absolute Gasteiger partial charge is 0.422 e. The minimum Gasteiger partial charge on any atom is -0.422 e. The van der Waals surface area contributed by atoms with Crippen LogP contribution in [0.3, 0.4) is 0 Å². The SMILES string of the molecule is CCCCCCCCCCCCCCCC(=O)N/N=C\c1cc(Br)ccc1OC(=O)c1ccccc1C. The molecule has 0 saturated heterocycles. The van der Waals surface area contributed by atoms with Gasteiger partial charge in [-0.3, -0.25) is 4.79 Å². The zero-order chi connectivity index (χ0) is 26.7. The van der Waals surface area contributed by atoms with Crippen LogP contribution in [-0.4, -0.2) is 18.1 Å². The number of nitrogens with zero attached hydrogens (tertiary/aromatic N) is 1. The molecular formula is C31H43BrN2O3. The van der Waals surface area contributed by atoms with Gasteiger partial charge in [0, 0.05) is 16.5 Å². The van der Waals surface area contributed by atoms with Crippen molar-refractivity contribution in [2.75, 3.05) is 0 Å². The molecule has 0 atom stereocenters. The van der Waals surface area contributed by atoms with Gasteiger partial charge in [0.1, 0.15) is 5.75 Å². The van der Waals surface area contributed by atoms with Crippen molar-refractivity contribution >= 4 is 34.0 Å². The molecule has 0 fully saturated rings. The van der Waals surface area contributed by atoms with Gasteiger partial charge in [0.25, 0.3) is 0 Å². The van der Waals surface area contributed by atoms with E-state index in [0.29, 0.717) is 23.3 Å². The van der Waals surface area contributed by atoms with E-state index >= 15 is 0 Å². The van der Waals surface area contributed by atoms with Gasteiger partial charge < -0.3 is 4.74 Å². The van der Waals surface area contributed by atoms with Crippen molar-refractivity contribution in [3.8, 4) is 5.75 Å². The highest BCUT2D eigenvalue weighted by Crippen LogP contribution is 2.23. The second-order valence-corrected chi connectivity index (χ2v) is 10.6. The molecule has 0 bridgehead atoms. The number of carbonyl (C=O) groups excluding carboxylic acids is 2. The lowest BCUT2D eigenvalue weighted by Crippen LogP contribution is -2.17. The predicted octanol–water partition coefficient (Wildman–Crippen LogP) is 8.91. The first-order valence-corrected chi connectivity index (χ1v) is 14.7. The second-order valence-electron chi connectivity index (χ2n) is 9.67. The summed E-state index contributed by atoms with van der Waals surface area (Å²) in [5.41, 5.74) is 4.55. The molecule has 0 spiro atoms. The third-order valence-electron chi connectivity index (χ3n) is 6.44. The standard InChI is InChI=1S/C31H43BrN2O3/c1-3-4-5-6-7-8-9-10-11-12-13-14-15-20-30(35)34-33-24-26-23-27(32)21-22-29(26)37-31(36)28-19-17-16-18-25(28)2/h16-19,21-24H,3-15,20H2,1-2H3,(H,34,35)/b33-24-. The molecule has 0 aliphatic heterocycles. The van der Waals surface area contributed by atoms with Gasteiger partial charge in [-0.05, 0) is 43.2 Å². The number of halogens is 1. The molecule has 202 valence electrons. The number of esters is 1. The van der Waals surface area contributed by atoms with E-state index in [9.17, 15) is 9.59 Å². The summed E-state index contributed by atoms with van der Waals surface area (Å²) in [7, 11) is 0. The minimum absolute atomic E-state index is 0.104. The lowest BCUT2D eigenvalue weighted by atomic mass is 10.0. The van der Waals surface area contributed by atoms with Gasteiger partial charge in [0.2, 0.25) is 5.91 Å². The number of hydrogen-bond acceptors (Lipinski definition) is 4. The fourth-order valence-electron chi connectivity index (χ4n) is 4.20. The minimum atomic E-state index is -0.429. The van der Waals surface area contributed by atoms with Gasteiger partial charge in [-0.25, -0.2) is 10.2 Å². The summed E-state index contributed by atoms with van der Waals surface area (Å²) >= 11 is 3.43. The first-order valence-electron chi connectivity index (χ1n) is 13.9. The van der Waals surface area contributed by atoms with Gasteiger partial charge in [0.05, 0.1) is 11.8 Å². The molecule has 0 heterocycles. The quantitative estimate of drug-likeness (QED) is 0.0639. The molecule has 2 rings (SSSR count). The van der Waals surface area contributed by atoms with Crippen LogP contribution in [0.15, 0.2) is 52.0 Å². The van der Waals surface area contributed by atoms with Crippen LogP contribution in [0.25, 0.3) is 0 Å². The Morgan fingerprint density at radius 1 is 0.865 bits per heavy atom. The van der Waals surface area contributed by atoms with Crippen molar-refractivity contribution in [1.82, 2.24) is 5.43 Å². The topological polar surface area (TPSA) is 67.8 Å². The average molecular weight is 572 g/mol. The van der Waals surface area contributed by atoms with Gasteiger partial charge in [-0.1, -0.05) is 118 Å². The van der Waals surface area contributed by atoms with Crippen molar-refractivity contribution in [1.29, 1.82) is 0 Å². The molecule has 37 heavy (non-hydrogen) atoms. The first kappa shape index (κ1) is 30.8. The van der Waals surface area contributed by atoms with E-state index in [1.54, 1.807) is 30.3 Å². The van der Waals surface area contributed by atoms with Crippen molar-refractivity contribution in [3.63, 3.8) is 0 Å². The zero-order valence-electron chi connectivity index (χ0n) is 22.6. The second kappa shape index (κ2) is 18.7. The van der Waals surface area contributed by atoms with Crippen LogP contribution < -0.4 is 10.2 Å². The number of amides is 1. The maximum absolute atomic E-state index is 12.6. The Balaban J connectivity index is 1.64. The number of rotatable bonds is 18. The van der Waals surface area contributed by atoms with Crippen LogP contribution >= 0.6 is 15.9 Å². The summed E-state index contributed by atoms with van der Waals surface area (Å²) in [6, 6.07) is 12.6. The molecule has 0 aromatic heterocycles. The average Bonchev–Trinajstić information content (AvgIpc) is 2.88. The summed E-state index contributed by atoms with van der Waals surface area (Å²) < 4.78 is 6.44. The molecule has 1 N–H and O–H groups in total. The third-order valence-corrected chi connectivity index (χ3v) is 6.93. The lowest BCUT2D eigenvalue weighted by molar-refractivity contribution is -0.121. The van der Waals surface area contributed by atoms with E-state index in [1.165, 1.54) is 76.8 Å². The number of nitrogens with one attached hydrogen (secondary N) is 1. The number of benzene rings is 2. The van der Waals surface area contributed by atoms with E-state index < -0.39 is 5.97 Å². The number of hydrazone groups is 1. The highest BCUT2D eigenvalue weighted by Gasteiger charge is 2.13. The number of carbonyl (C=O) groups is 2. The van der Waals surface area contributed by atoms with Gasteiger partial charge >= 0.3 is 5.97 Å². The first-order chi connectivity index (χ1) is 18.0. The van der Waals surface area contributed by atoms with Crippen LogP contribution in [0.2, 0.25) is 0 Å². The molecule has 5 nitrogen and oxygen atoms in total. The molecule has 0 aliphatic carbocycles. The van der Waals surface area contributed by atoms with Gasteiger partial charge in [0.15, 0.2) is 0 Å². The fraction of sp³-hybridized carbons (Fsp3) is 0.516. The summed E-state index contributed by atoms with van der Waals surface area (Å²) in [4.78, 5) is 24.8. The molecule has 0 saturated carbocycles. The number of hydrogen-bond donors (Lipinski definition) is 1. The number of ether oxygens (including phenoxy) is 1. The van der Waals surface area contributed by atoms with E-state index in [4.69, 9.17) is 4.74 Å². The monoisotopic (exact) mass is 570 g/mol. The smallest absolute Gasteiger partial charge is 0.343 e. The van der Waals surface area contributed by atoms with Crippen LogP contribution in [0.4, 0.5) is 0 Å². The van der Waals surface area contributed by atoms with E-state index in [1.807, 2.05) is 19.1 Å². The Morgan fingerprint density at radius 2 is 1.46 bits per heavy atom. The maximum Gasteiger partial charge on any atom is 0.343 e. The highest BCUT2D eigenvalue weighted by atomic mass is 79.9. The summed E-state index contributed by atoms with van der Waals surface area (Å²) in [5.74, 6) is -0.153. The lowest BCUT2D eigenvalue weighted by Gasteiger charge is -2.09. The molecule has 0 aliphatic rings. The predicted molar refractivity (Wildman–Crippen MR) is 156 cm³/mol. The molecular weight excluding hydrogens is 528 g/mol. The Bertz CT molecular complexity index is 990. The molecule has 6 heteroatoms. The van der Waals surface area contributed by atoms with Gasteiger partial charge in [-0.2, -0.15) is 5.10 Å². The Kier molecular flexibility index (Phi) is 15.6. The Morgan fingerprint density at radius 3 is 2.08 bits per heavy atom. The van der Waals surface area contributed by atoms with Crippen LogP contribution in [0, 0.1) is 6.92 Å².